The Morgan fingerprint density at radius 3 is 3.00 bits per heavy atom. The Balaban J connectivity index is 2.07. The van der Waals surface area contributed by atoms with Crippen LogP contribution in [0.3, 0.4) is 0 Å². The van der Waals surface area contributed by atoms with E-state index in [1.165, 1.54) is 6.42 Å². The fraction of sp³-hybridized carbons (Fsp3) is 0.562. The van der Waals surface area contributed by atoms with E-state index in [2.05, 4.69) is 22.5 Å². The minimum Gasteiger partial charge on any atom is -0.491 e. The highest BCUT2D eigenvalue weighted by molar-refractivity contribution is 7.71. The lowest BCUT2D eigenvalue weighted by Crippen LogP contribution is -2.20. The number of methoxy groups -OCH3 is 1. The Hall–Kier alpha value is -1.33. The summed E-state index contributed by atoms with van der Waals surface area (Å²) in [6, 6.07) is 6.45. The summed E-state index contributed by atoms with van der Waals surface area (Å²) in [5.74, 6) is 0.881. The van der Waals surface area contributed by atoms with Crippen molar-refractivity contribution in [3.63, 3.8) is 0 Å². The van der Waals surface area contributed by atoms with Gasteiger partial charge in [-0.1, -0.05) is 13.0 Å². The predicted octanol–water partition coefficient (Wildman–Crippen LogP) is 4.23. The van der Waals surface area contributed by atoms with Gasteiger partial charge in [0.15, 0.2) is 4.77 Å². The number of benzene rings is 1. The van der Waals surface area contributed by atoms with Crippen molar-refractivity contribution < 1.29 is 9.47 Å². The van der Waals surface area contributed by atoms with E-state index < -0.39 is 0 Å². The van der Waals surface area contributed by atoms with Crippen molar-refractivity contribution in [1.29, 1.82) is 0 Å². The third-order valence-corrected chi connectivity index (χ3v) is 4.53. The summed E-state index contributed by atoms with van der Waals surface area (Å²) in [4.78, 5) is 3.32. The Labute approximate surface area is 130 Å². The number of hydrogen-bond acceptors (Lipinski definition) is 3. The first-order valence-electron chi connectivity index (χ1n) is 7.65. The number of hydrogen-bond donors (Lipinski definition) is 1. The number of nitrogens with zero attached hydrogens (tertiary/aromatic N) is 1. The molecule has 1 heterocycles. The smallest absolute Gasteiger partial charge is 0.178 e. The van der Waals surface area contributed by atoms with E-state index >= 15 is 0 Å². The minimum absolute atomic E-state index is 0.246. The van der Waals surface area contributed by atoms with Gasteiger partial charge in [-0.2, -0.15) is 0 Å². The quantitative estimate of drug-likeness (QED) is 0.840. The van der Waals surface area contributed by atoms with E-state index in [-0.39, 0.29) is 6.10 Å². The number of fused-ring (bicyclic) bond motifs is 1. The van der Waals surface area contributed by atoms with E-state index in [0.717, 1.165) is 47.4 Å². The maximum absolute atomic E-state index is 5.83. The van der Waals surface area contributed by atoms with E-state index in [0.29, 0.717) is 6.04 Å². The highest BCUT2D eigenvalue weighted by Crippen LogP contribution is 2.36. The van der Waals surface area contributed by atoms with Crippen LogP contribution in [0.15, 0.2) is 18.2 Å². The molecule has 1 aromatic carbocycles. The van der Waals surface area contributed by atoms with Gasteiger partial charge in [0.05, 0.1) is 24.3 Å². The molecular weight excluding hydrogens is 284 g/mol. The minimum atomic E-state index is 0.246. The third kappa shape index (κ3) is 2.60. The van der Waals surface area contributed by atoms with E-state index in [9.17, 15) is 0 Å². The summed E-state index contributed by atoms with van der Waals surface area (Å²) < 4.78 is 14.4. The van der Waals surface area contributed by atoms with Crippen LogP contribution in [0, 0.1) is 4.77 Å². The fourth-order valence-corrected chi connectivity index (χ4v) is 3.60. The van der Waals surface area contributed by atoms with Gasteiger partial charge < -0.3 is 19.0 Å². The Bertz CT molecular complexity index is 676. The van der Waals surface area contributed by atoms with Gasteiger partial charge in [-0.3, -0.25) is 0 Å². The van der Waals surface area contributed by atoms with Gasteiger partial charge in [0, 0.05) is 7.11 Å². The van der Waals surface area contributed by atoms with Gasteiger partial charge in [0.25, 0.3) is 0 Å². The lowest BCUT2D eigenvalue weighted by Gasteiger charge is -2.20. The zero-order valence-corrected chi connectivity index (χ0v) is 13.4. The summed E-state index contributed by atoms with van der Waals surface area (Å²) in [5.41, 5.74) is 2.11. The first-order chi connectivity index (χ1) is 10.3. The van der Waals surface area contributed by atoms with Crippen molar-refractivity contribution in [2.75, 3.05) is 13.7 Å². The van der Waals surface area contributed by atoms with Gasteiger partial charge in [-0.05, 0) is 50.0 Å². The van der Waals surface area contributed by atoms with Gasteiger partial charge >= 0.3 is 0 Å². The molecule has 3 rings (SSSR count). The first kappa shape index (κ1) is 14.6. The fourth-order valence-electron chi connectivity index (χ4n) is 3.26. The number of aromatic amines is 1. The van der Waals surface area contributed by atoms with Gasteiger partial charge in [-0.25, -0.2) is 0 Å². The molecule has 1 fully saturated rings. The summed E-state index contributed by atoms with van der Waals surface area (Å²) >= 11 is 5.56. The molecule has 4 nitrogen and oxygen atoms in total. The van der Waals surface area contributed by atoms with E-state index in [1.54, 1.807) is 7.11 Å². The molecule has 0 saturated heterocycles. The normalized spacial score (nSPS) is 22.0. The van der Waals surface area contributed by atoms with Crippen molar-refractivity contribution in [2.24, 2.45) is 0 Å². The third-order valence-electron chi connectivity index (χ3n) is 4.23. The summed E-state index contributed by atoms with van der Waals surface area (Å²) in [7, 11) is 1.79. The molecule has 0 bridgehead atoms. The molecule has 21 heavy (non-hydrogen) atoms. The zero-order valence-electron chi connectivity index (χ0n) is 12.6. The maximum Gasteiger partial charge on any atom is 0.178 e. The van der Waals surface area contributed by atoms with E-state index in [4.69, 9.17) is 21.7 Å². The van der Waals surface area contributed by atoms with Crippen LogP contribution < -0.4 is 4.74 Å². The number of nitrogens with one attached hydrogen (secondary N) is 1. The molecule has 2 aromatic rings. The van der Waals surface area contributed by atoms with Crippen LogP contribution in [0.2, 0.25) is 0 Å². The van der Waals surface area contributed by atoms with Crippen LogP contribution >= 0.6 is 12.2 Å². The first-order valence-corrected chi connectivity index (χ1v) is 8.06. The monoisotopic (exact) mass is 306 g/mol. The second-order valence-electron chi connectivity index (χ2n) is 5.57. The maximum atomic E-state index is 5.83. The lowest BCUT2D eigenvalue weighted by atomic mass is 10.2. The van der Waals surface area contributed by atoms with Crippen molar-refractivity contribution in [2.45, 2.75) is 44.8 Å². The number of imidazole rings is 1. The van der Waals surface area contributed by atoms with Gasteiger partial charge in [0.1, 0.15) is 11.3 Å². The largest absolute Gasteiger partial charge is 0.491 e. The van der Waals surface area contributed by atoms with E-state index in [1.807, 2.05) is 12.1 Å². The SMILES string of the molecule is CCCOc1cccc2c1[nH]c(=S)n2C1CCCC1OC. The van der Waals surface area contributed by atoms with Crippen molar-refractivity contribution in [3.8, 4) is 5.75 Å². The molecule has 2 atom stereocenters. The molecule has 1 aliphatic carbocycles. The molecule has 114 valence electrons. The average molecular weight is 306 g/mol. The molecule has 1 saturated carbocycles. The summed E-state index contributed by atoms with van der Waals surface area (Å²) in [6.45, 7) is 2.82. The van der Waals surface area contributed by atoms with Crippen LogP contribution in [-0.4, -0.2) is 29.4 Å². The number of H-pyrrole nitrogens is 1. The second kappa shape index (κ2) is 6.20. The van der Waals surface area contributed by atoms with Crippen LogP contribution in [0.5, 0.6) is 5.75 Å². The summed E-state index contributed by atoms with van der Waals surface area (Å²) in [6.07, 6.45) is 4.63. The summed E-state index contributed by atoms with van der Waals surface area (Å²) in [5, 5.41) is 0. The number of para-hydroxylation sites is 1. The van der Waals surface area contributed by atoms with Crippen molar-refractivity contribution in [1.82, 2.24) is 9.55 Å². The van der Waals surface area contributed by atoms with Crippen LogP contribution in [0.1, 0.15) is 38.6 Å². The van der Waals surface area contributed by atoms with Crippen LogP contribution in [-0.2, 0) is 4.74 Å². The number of ether oxygens (including phenoxy) is 2. The molecule has 0 radical (unpaired) electrons. The molecule has 1 aromatic heterocycles. The van der Waals surface area contributed by atoms with Crippen molar-refractivity contribution >= 4 is 23.3 Å². The average Bonchev–Trinajstić information content (AvgIpc) is 3.07. The predicted molar refractivity (Wildman–Crippen MR) is 86.6 cm³/mol. The molecule has 2 unspecified atom stereocenters. The van der Waals surface area contributed by atoms with Crippen molar-refractivity contribution in [3.05, 3.63) is 23.0 Å². The molecule has 0 amide bonds. The zero-order chi connectivity index (χ0) is 14.8. The number of rotatable bonds is 5. The molecular formula is C16H22N2O2S. The molecule has 1 aliphatic rings. The van der Waals surface area contributed by atoms with Gasteiger partial charge in [-0.15, -0.1) is 0 Å². The topological polar surface area (TPSA) is 39.2 Å². The highest BCUT2D eigenvalue weighted by atomic mass is 32.1. The Morgan fingerprint density at radius 1 is 1.38 bits per heavy atom. The lowest BCUT2D eigenvalue weighted by molar-refractivity contribution is 0.0758. The Morgan fingerprint density at radius 2 is 2.24 bits per heavy atom. The standard InChI is InChI=1S/C16H22N2O2S/c1-3-10-20-14-9-5-7-12-15(14)17-16(21)18(12)11-6-4-8-13(11)19-2/h5,7,9,11,13H,3-4,6,8,10H2,1-2H3,(H,17,21). The van der Waals surface area contributed by atoms with Crippen LogP contribution in [0.25, 0.3) is 11.0 Å². The molecule has 5 heteroatoms. The molecule has 0 spiro atoms. The van der Waals surface area contributed by atoms with Gasteiger partial charge in [0.2, 0.25) is 0 Å². The van der Waals surface area contributed by atoms with Crippen LogP contribution in [0.4, 0.5) is 0 Å². The number of aromatic nitrogens is 2. The molecule has 0 aliphatic heterocycles. The molecule has 1 N–H and O–H groups in total. The Kier molecular flexibility index (Phi) is 4.31. The highest BCUT2D eigenvalue weighted by Gasteiger charge is 2.30. The second-order valence-corrected chi connectivity index (χ2v) is 5.96.